The summed E-state index contributed by atoms with van der Waals surface area (Å²) < 4.78 is 14.0. The molecule has 1 aromatic heterocycles. The molecule has 4 aromatic carbocycles. The van der Waals surface area contributed by atoms with Crippen molar-refractivity contribution in [2.75, 3.05) is 17.2 Å². The topological polar surface area (TPSA) is 90.3 Å². The fourth-order valence-electron chi connectivity index (χ4n) is 5.13. The van der Waals surface area contributed by atoms with Crippen LogP contribution >= 0.6 is 35.0 Å². The summed E-state index contributed by atoms with van der Waals surface area (Å²) in [5.41, 5.74) is 4.47. The van der Waals surface area contributed by atoms with Crippen LogP contribution in [0.3, 0.4) is 0 Å². The molecule has 46 heavy (non-hydrogen) atoms. The van der Waals surface area contributed by atoms with Crippen LogP contribution in [0, 0.1) is 0 Å². The van der Waals surface area contributed by atoms with Gasteiger partial charge < -0.3 is 20.1 Å². The summed E-state index contributed by atoms with van der Waals surface area (Å²) in [6.07, 6.45) is 0. The van der Waals surface area contributed by atoms with Crippen LogP contribution in [0.15, 0.2) is 113 Å². The molecule has 11 heteroatoms. The number of ether oxygens (including phenoxy) is 2. The molecular formula is C35H31Cl2N5O3S. The van der Waals surface area contributed by atoms with Crippen LogP contribution in [0.5, 0.6) is 11.5 Å². The number of amides is 1. The minimum Gasteiger partial charge on any atom is -0.490 e. The zero-order valence-electron chi connectivity index (χ0n) is 25.2. The average molecular weight is 673 g/mol. The van der Waals surface area contributed by atoms with Gasteiger partial charge in [-0.1, -0.05) is 95.6 Å². The molecule has 0 spiro atoms. The van der Waals surface area contributed by atoms with Crippen molar-refractivity contribution in [3.8, 4) is 11.5 Å². The van der Waals surface area contributed by atoms with Crippen molar-refractivity contribution in [1.82, 2.24) is 14.8 Å². The second-order valence-corrected chi connectivity index (χ2v) is 12.2. The highest BCUT2D eigenvalue weighted by Crippen LogP contribution is 2.40. The second kappa shape index (κ2) is 14.3. The van der Waals surface area contributed by atoms with Crippen molar-refractivity contribution in [2.45, 2.75) is 37.4 Å². The zero-order valence-corrected chi connectivity index (χ0v) is 27.5. The molecule has 0 saturated heterocycles. The van der Waals surface area contributed by atoms with Gasteiger partial charge in [-0.3, -0.25) is 4.79 Å². The predicted molar refractivity (Wildman–Crippen MR) is 184 cm³/mol. The number of carbonyl (C=O) groups excluding carboxylic acids is 1. The number of fused-ring (bicyclic) bond motifs is 1. The number of carbonyl (C=O) groups is 1. The first-order chi connectivity index (χ1) is 22.4. The van der Waals surface area contributed by atoms with Gasteiger partial charge in [-0.05, 0) is 61.4 Å². The first-order valence-corrected chi connectivity index (χ1v) is 16.4. The lowest BCUT2D eigenvalue weighted by atomic mass is 9.94. The van der Waals surface area contributed by atoms with Gasteiger partial charge in [0.25, 0.3) is 5.91 Å². The summed E-state index contributed by atoms with van der Waals surface area (Å²) in [6.45, 7) is 4.48. The van der Waals surface area contributed by atoms with E-state index in [0.717, 1.165) is 16.7 Å². The molecule has 0 radical (unpaired) electrons. The summed E-state index contributed by atoms with van der Waals surface area (Å²) in [6, 6.07) is 29.7. The Hall–Kier alpha value is -4.44. The lowest BCUT2D eigenvalue weighted by Crippen LogP contribution is -2.31. The zero-order chi connectivity index (χ0) is 32.0. The smallest absolute Gasteiger partial charge is 0.255 e. The van der Waals surface area contributed by atoms with E-state index >= 15 is 0 Å². The molecule has 1 unspecified atom stereocenters. The number of anilines is 2. The number of aromatic nitrogens is 3. The van der Waals surface area contributed by atoms with Crippen LogP contribution in [-0.4, -0.2) is 27.3 Å². The summed E-state index contributed by atoms with van der Waals surface area (Å²) >= 11 is 14.2. The Morgan fingerprint density at radius 3 is 2.33 bits per heavy atom. The molecule has 1 aliphatic rings. The first kappa shape index (κ1) is 31.5. The lowest BCUT2D eigenvalue weighted by molar-refractivity contribution is -0.113. The number of rotatable bonds is 11. The number of hydrogen-bond acceptors (Lipinski definition) is 7. The summed E-state index contributed by atoms with van der Waals surface area (Å²) in [7, 11) is 0. The van der Waals surface area contributed by atoms with Gasteiger partial charge in [0.15, 0.2) is 11.5 Å². The van der Waals surface area contributed by atoms with Crippen LogP contribution in [-0.2, 0) is 17.2 Å². The first-order valence-electron chi connectivity index (χ1n) is 14.7. The third-order valence-electron chi connectivity index (χ3n) is 7.35. The Morgan fingerprint density at radius 1 is 0.913 bits per heavy atom. The summed E-state index contributed by atoms with van der Waals surface area (Å²) in [5, 5.41) is 13.1. The van der Waals surface area contributed by atoms with E-state index in [-0.39, 0.29) is 12.5 Å². The van der Waals surface area contributed by atoms with Crippen molar-refractivity contribution in [1.29, 1.82) is 0 Å². The van der Waals surface area contributed by atoms with Gasteiger partial charge in [-0.2, -0.15) is 4.98 Å². The van der Waals surface area contributed by atoms with E-state index in [1.165, 1.54) is 11.8 Å². The monoisotopic (exact) mass is 671 g/mol. The Bertz CT molecular complexity index is 1900. The Kier molecular flexibility index (Phi) is 9.82. The van der Waals surface area contributed by atoms with Gasteiger partial charge in [0.05, 0.1) is 12.2 Å². The van der Waals surface area contributed by atoms with E-state index in [0.29, 0.717) is 62.0 Å². The largest absolute Gasteiger partial charge is 0.490 e. The number of benzene rings is 4. The van der Waals surface area contributed by atoms with Gasteiger partial charge in [0, 0.05) is 32.7 Å². The van der Waals surface area contributed by atoms with Crippen molar-refractivity contribution in [3.05, 3.63) is 135 Å². The van der Waals surface area contributed by atoms with E-state index in [4.69, 9.17) is 42.8 Å². The SMILES string of the molecule is CCOc1cc(C2C(C(=O)Nc3ccccc3)=C(C)Nc3nc(SCc4ccccc4Cl)nn32)ccc1OCc1ccccc1Cl. The molecule has 8 nitrogen and oxygen atoms in total. The molecule has 234 valence electrons. The third kappa shape index (κ3) is 7.02. The van der Waals surface area contributed by atoms with Gasteiger partial charge >= 0.3 is 0 Å². The second-order valence-electron chi connectivity index (χ2n) is 10.4. The van der Waals surface area contributed by atoms with Crippen LogP contribution < -0.4 is 20.1 Å². The highest BCUT2D eigenvalue weighted by atomic mass is 35.5. The van der Waals surface area contributed by atoms with E-state index in [2.05, 4.69) is 10.6 Å². The lowest BCUT2D eigenvalue weighted by Gasteiger charge is -2.29. The highest BCUT2D eigenvalue weighted by molar-refractivity contribution is 7.98. The predicted octanol–water partition coefficient (Wildman–Crippen LogP) is 8.78. The van der Waals surface area contributed by atoms with Crippen LogP contribution in [0.1, 0.15) is 36.6 Å². The molecule has 1 atom stereocenters. The fourth-order valence-corrected chi connectivity index (χ4v) is 6.43. The summed E-state index contributed by atoms with van der Waals surface area (Å²) in [5.74, 6) is 1.96. The third-order valence-corrected chi connectivity index (χ3v) is 8.97. The molecule has 0 aliphatic carbocycles. The van der Waals surface area contributed by atoms with Gasteiger partial charge in [-0.15, -0.1) is 5.10 Å². The normalized spacial score (nSPS) is 14.0. The van der Waals surface area contributed by atoms with E-state index in [1.807, 2.05) is 111 Å². The standard InChI is InChI=1S/C35H31Cl2N5O3S/c1-3-44-30-19-23(17-18-29(30)45-20-24-11-7-9-15-27(24)36)32-31(33(43)39-26-13-5-4-6-14-26)22(2)38-34-40-35(41-42(32)34)46-21-25-12-8-10-16-28(25)37/h4-19,32H,3,20-21H2,1-2H3,(H,39,43)(H,38,40,41). The molecule has 0 fully saturated rings. The van der Waals surface area contributed by atoms with Crippen molar-refractivity contribution >= 4 is 52.5 Å². The van der Waals surface area contributed by atoms with Crippen molar-refractivity contribution in [2.24, 2.45) is 0 Å². The number of allylic oxidation sites excluding steroid dienone is 1. The quantitative estimate of drug-likeness (QED) is 0.136. The number of hydrogen-bond donors (Lipinski definition) is 2. The van der Waals surface area contributed by atoms with E-state index < -0.39 is 6.04 Å². The van der Waals surface area contributed by atoms with Gasteiger partial charge in [0.1, 0.15) is 12.6 Å². The number of nitrogens with zero attached hydrogens (tertiary/aromatic N) is 3. The Morgan fingerprint density at radius 2 is 1.61 bits per heavy atom. The van der Waals surface area contributed by atoms with Gasteiger partial charge in [-0.25, -0.2) is 4.68 Å². The molecule has 6 rings (SSSR count). The molecule has 0 bridgehead atoms. The molecule has 1 aliphatic heterocycles. The van der Waals surface area contributed by atoms with E-state index in [1.54, 1.807) is 4.68 Å². The molecule has 2 N–H and O–H groups in total. The maximum Gasteiger partial charge on any atom is 0.255 e. The molecular weight excluding hydrogens is 641 g/mol. The minimum absolute atomic E-state index is 0.260. The number of thioether (sulfide) groups is 1. The van der Waals surface area contributed by atoms with Crippen molar-refractivity contribution in [3.63, 3.8) is 0 Å². The highest BCUT2D eigenvalue weighted by Gasteiger charge is 2.35. The van der Waals surface area contributed by atoms with Crippen LogP contribution in [0.4, 0.5) is 11.6 Å². The van der Waals surface area contributed by atoms with Crippen LogP contribution in [0.25, 0.3) is 0 Å². The molecule has 5 aromatic rings. The van der Waals surface area contributed by atoms with Crippen molar-refractivity contribution < 1.29 is 14.3 Å². The van der Waals surface area contributed by atoms with Crippen LogP contribution in [0.2, 0.25) is 10.0 Å². The number of para-hydroxylation sites is 1. The molecule has 1 amide bonds. The summed E-state index contributed by atoms with van der Waals surface area (Å²) in [4.78, 5) is 18.7. The van der Waals surface area contributed by atoms with Gasteiger partial charge in [0.2, 0.25) is 11.1 Å². The molecule has 2 heterocycles. The number of halogens is 2. The Labute approximate surface area is 281 Å². The number of nitrogens with one attached hydrogen (secondary N) is 2. The fraction of sp³-hybridized carbons (Fsp3) is 0.171. The Balaban J connectivity index is 1.36. The average Bonchev–Trinajstić information content (AvgIpc) is 3.46. The molecule has 0 saturated carbocycles. The maximum absolute atomic E-state index is 13.9. The van der Waals surface area contributed by atoms with E-state index in [9.17, 15) is 4.79 Å². The maximum atomic E-state index is 13.9. The minimum atomic E-state index is -0.612.